The van der Waals surface area contributed by atoms with E-state index in [4.69, 9.17) is 0 Å². The van der Waals surface area contributed by atoms with Crippen LogP contribution in [0.5, 0.6) is 0 Å². The molecule has 0 saturated carbocycles. The minimum atomic E-state index is -3.12. The summed E-state index contributed by atoms with van der Waals surface area (Å²) >= 11 is 0. The van der Waals surface area contributed by atoms with E-state index in [2.05, 4.69) is 10.3 Å². The molecule has 18 heavy (non-hydrogen) atoms. The number of aromatic nitrogens is 1. The van der Waals surface area contributed by atoms with Gasteiger partial charge in [0.25, 0.3) is 0 Å². The van der Waals surface area contributed by atoms with Crippen LogP contribution in [0.15, 0.2) is 18.3 Å². The van der Waals surface area contributed by atoms with Crippen LogP contribution in [0.2, 0.25) is 0 Å². The smallest absolute Gasteiger partial charge is 0.214 e. The van der Waals surface area contributed by atoms with Crippen LogP contribution in [-0.4, -0.2) is 37.1 Å². The molecule has 0 amide bonds. The molecule has 1 aromatic rings. The van der Waals surface area contributed by atoms with Crippen LogP contribution in [0.4, 0.5) is 5.82 Å². The van der Waals surface area contributed by atoms with Gasteiger partial charge in [-0.3, -0.25) is 0 Å². The Morgan fingerprint density at radius 1 is 1.56 bits per heavy atom. The van der Waals surface area contributed by atoms with E-state index in [0.717, 1.165) is 24.2 Å². The van der Waals surface area contributed by atoms with Crippen LogP contribution in [0.3, 0.4) is 0 Å². The highest BCUT2D eigenvalue weighted by Gasteiger charge is 2.34. The van der Waals surface area contributed by atoms with Crippen molar-refractivity contribution < 1.29 is 8.42 Å². The Morgan fingerprint density at radius 3 is 3.00 bits per heavy atom. The van der Waals surface area contributed by atoms with Crippen LogP contribution in [0, 0.1) is 0 Å². The van der Waals surface area contributed by atoms with Crippen molar-refractivity contribution in [3.8, 4) is 0 Å². The summed E-state index contributed by atoms with van der Waals surface area (Å²) in [5.41, 5.74) is 1.02. The number of nitrogens with zero attached hydrogens (tertiary/aromatic N) is 2. The molecule has 1 fully saturated rings. The Kier molecular flexibility index (Phi) is 3.87. The number of hydrogen-bond donors (Lipinski definition) is 1. The van der Waals surface area contributed by atoms with E-state index in [9.17, 15) is 8.42 Å². The summed E-state index contributed by atoms with van der Waals surface area (Å²) in [6, 6.07) is 3.79. The first kappa shape index (κ1) is 13.3. The molecule has 1 N–H and O–H groups in total. The van der Waals surface area contributed by atoms with E-state index >= 15 is 0 Å². The van der Waals surface area contributed by atoms with Gasteiger partial charge < -0.3 is 5.32 Å². The normalized spacial score (nSPS) is 21.1. The van der Waals surface area contributed by atoms with Crippen molar-refractivity contribution in [2.24, 2.45) is 0 Å². The summed E-state index contributed by atoms with van der Waals surface area (Å²) in [4.78, 5) is 4.16. The first-order valence-electron chi connectivity index (χ1n) is 6.21. The number of rotatable bonds is 4. The zero-order valence-electron chi connectivity index (χ0n) is 10.8. The minimum absolute atomic E-state index is 0.0370. The summed E-state index contributed by atoms with van der Waals surface area (Å²) in [5, 5.41) is 2.98. The van der Waals surface area contributed by atoms with Gasteiger partial charge in [-0.1, -0.05) is 0 Å². The molecule has 5 nitrogen and oxygen atoms in total. The molecule has 0 unspecified atom stereocenters. The van der Waals surface area contributed by atoms with Crippen molar-refractivity contribution in [2.45, 2.75) is 25.8 Å². The predicted octanol–water partition coefficient (Wildman–Crippen LogP) is 1.61. The van der Waals surface area contributed by atoms with Crippen molar-refractivity contribution in [1.82, 2.24) is 9.29 Å². The Balaban J connectivity index is 2.31. The fourth-order valence-corrected chi connectivity index (χ4v) is 3.72. The molecule has 0 bridgehead atoms. The number of anilines is 1. The Hall–Kier alpha value is -1.14. The number of sulfonamides is 1. The molecule has 0 aromatic carbocycles. The van der Waals surface area contributed by atoms with Gasteiger partial charge >= 0.3 is 0 Å². The van der Waals surface area contributed by atoms with Crippen molar-refractivity contribution in [3.63, 3.8) is 0 Å². The van der Waals surface area contributed by atoms with E-state index in [1.54, 1.807) is 24.5 Å². The molecular weight excluding hydrogens is 250 g/mol. The van der Waals surface area contributed by atoms with E-state index < -0.39 is 10.0 Å². The molecule has 0 spiro atoms. The van der Waals surface area contributed by atoms with Gasteiger partial charge in [-0.25, -0.2) is 13.4 Å². The second-order valence-corrected chi connectivity index (χ2v) is 6.60. The van der Waals surface area contributed by atoms with E-state index in [-0.39, 0.29) is 11.8 Å². The Labute approximate surface area is 108 Å². The molecule has 1 aromatic heterocycles. The average Bonchev–Trinajstić information content (AvgIpc) is 2.89. The molecule has 1 saturated heterocycles. The quantitative estimate of drug-likeness (QED) is 0.902. The van der Waals surface area contributed by atoms with Crippen molar-refractivity contribution >= 4 is 15.8 Å². The molecule has 2 heterocycles. The van der Waals surface area contributed by atoms with Gasteiger partial charge in [-0.15, -0.1) is 0 Å². The molecule has 0 aliphatic carbocycles. The third-order valence-electron chi connectivity index (χ3n) is 3.35. The maximum absolute atomic E-state index is 12.0. The zero-order valence-corrected chi connectivity index (χ0v) is 11.6. The molecular formula is C12H19N3O2S. The van der Waals surface area contributed by atoms with Gasteiger partial charge in [0, 0.05) is 25.8 Å². The van der Waals surface area contributed by atoms with Crippen molar-refractivity contribution in [3.05, 3.63) is 23.9 Å². The lowest BCUT2D eigenvalue weighted by Gasteiger charge is -2.24. The first-order chi connectivity index (χ1) is 8.58. The summed E-state index contributed by atoms with van der Waals surface area (Å²) in [6.45, 7) is 2.31. The Morgan fingerprint density at radius 2 is 2.33 bits per heavy atom. The molecule has 1 aliphatic rings. The molecule has 2 rings (SSSR count). The number of hydrogen-bond acceptors (Lipinski definition) is 4. The lowest BCUT2D eigenvalue weighted by Crippen LogP contribution is -2.31. The maximum Gasteiger partial charge on any atom is 0.214 e. The number of pyridine rings is 1. The second-order valence-electron chi connectivity index (χ2n) is 4.39. The maximum atomic E-state index is 12.0. The van der Waals surface area contributed by atoms with Crippen molar-refractivity contribution in [1.29, 1.82) is 0 Å². The third-order valence-corrected chi connectivity index (χ3v) is 5.23. The molecule has 100 valence electrons. The topological polar surface area (TPSA) is 62.3 Å². The number of nitrogens with one attached hydrogen (secondary N) is 1. The zero-order chi connectivity index (χ0) is 13.2. The van der Waals surface area contributed by atoms with Gasteiger partial charge in [0.1, 0.15) is 5.82 Å². The van der Waals surface area contributed by atoms with Crippen LogP contribution >= 0.6 is 0 Å². The fraction of sp³-hybridized carbons (Fsp3) is 0.583. The van der Waals surface area contributed by atoms with Crippen LogP contribution in [0.1, 0.15) is 31.4 Å². The van der Waals surface area contributed by atoms with Gasteiger partial charge in [0.2, 0.25) is 10.0 Å². The van der Waals surface area contributed by atoms with Gasteiger partial charge in [-0.05, 0) is 37.5 Å². The molecule has 6 heteroatoms. The molecule has 1 aliphatic heterocycles. The van der Waals surface area contributed by atoms with Crippen molar-refractivity contribution in [2.75, 3.05) is 24.7 Å². The van der Waals surface area contributed by atoms with Gasteiger partial charge in [-0.2, -0.15) is 4.31 Å². The lowest BCUT2D eigenvalue weighted by atomic mass is 10.1. The minimum Gasteiger partial charge on any atom is -0.373 e. The SMILES string of the molecule is CCS(=O)(=O)N1CCC[C@H]1c1ccnc(NC)c1. The van der Waals surface area contributed by atoms with Crippen LogP contribution in [-0.2, 0) is 10.0 Å². The van der Waals surface area contributed by atoms with E-state index in [0.29, 0.717) is 6.54 Å². The summed E-state index contributed by atoms with van der Waals surface area (Å²) in [7, 11) is -1.32. The largest absolute Gasteiger partial charge is 0.373 e. The standard InChI is InChI=1S/C12H19N3O2S/c1-3-18(16,17)15-8-4-5-11(15)10-6-7-14-12(9-10)13-2/h6-7,9,11H,3-5,8H2,1-2H3,(H,13,14)/t11-/m0/s1. The average molecular weight is 269 g/mol. The third kappa shape index (κ3) is 2.49. The summed E-state index contributed by atoms with van der Waals surface area (Å²) < 4.78 is 25.7. The van der Waals surface area contributed by atoms with Gasteiger partial charge in [0.15, 0.2) is 0 Å². The molecule has 0 radical (unpaired) electrons. The lowest BCUT2D eigenvalue weighted by molar-refractivity contribution is 0.397. The highest BCUT2D eigenvalue weighted by Crippen LogP contribution is 2.34. The summed E-state index contributed by atoms with van der Waals surface area (Å²) in [5.74, 6) is 0.932. The summed E-state index contributed by atoms with van der Waals surface area (Å²) in [6.07, 6.45) is 3.52. The second kappa shape index (κ2) is 5.24. The van der Waals surface area contributed by atoms with Crippen LogP contribution < -0.4 is 5.32 Å². The predicted molar refractivity (Wildman–Crippen MR) is 71.9 cm³/mol. The van der Waals surface area contributed by atoms with E-state index in [1.165, 1.54) is 0 Å². The monoisotopic (exact) mass is 269 g/mol. The fourth-order valence-electron chi connectivity index (χ4n) is 2.36. The first-order valence-corrected chi connectivity index (χ1v) is 7.82. The van der Waals surface area contributed by atoms with Gasteiger partial charge in [0.05, 0.1) is 5.75 Å². The molecule has 1 atom stereocenters. The highest BCUT2D eigenvalue weighted by molar-refractivity contribution is 7.89. The highest BCUT2D eigenvalue weighted by atomic mass is 32.2. The Bertz CT molecular complexity index is 516. The van der Waals surface area contributed by atoms with Crippen LogP contribution in [0.25, 0.3) is 0 Å². The van der Waals surface area contributed by atoms with E-state index in [1.807, 2.05) is 12.1 Å².